The minimum Gasteiger partial charge on any atom is -0.300 e. The van der Waals surface area contributed by atoms with E-state index in [0.29, 0.717) is 0 Å². The normalized spacial score (nSPS) is 8.00. The molecule has 0 bridgehead atoms. The minimum absolute atomic E-state index is 0. The van der Waals surface area contributed by atoms with Gasteiger partial charge in [-0.1, -0.05) is 0 Å². The number of rotatable bonds is 8. The zero-order valence-corrected chi connectivity index (χ0v) is 22.2. The van der Waals surface area contributed by atoms with Crippen molar-refractivity contribution in [1.82, 2.24) is 0 Å². The monoisotopic (exact) mass is 580 g/mol. The first-order valence-electron chi connectivity index (χ1n) is 8.46. The third kappa shape index (κ3) is 76.0. The molecule has 0 unspecified atom stereocenters. The van der Waals surface area contributed by atoms with Gasteiger partial charge in [-0.25, -0.2) is 0 Å². The summed E-state index contributed by atoms with van der Waals surface area (Å²) in [6.07, 6.45) is 0.333. The molecule has 0 fully saturated rings. The average Bonchev–Trinajstić information content (AvgIpc) is 2.32. The molecule has 0 rings (SSSR count). The molecule has 29 heavy (non-hydrogen) atoms. The average molecular weight is 579 g/mol. The van der Waals surface area contributed by atoms with Crippen LogP contribution in [0.1, 0.15) is 81.1 Å². The predicted octanol–water partition coefficient (Wildman–Crippen LogP) is 2.22. The molecule has 0 saturated heterocycles. The summed E-state index contributed by atoms with van der Waals surface area (Å²) in [4.78, 5) is 80.3. The number of hydrogen-bond donors (Lipinski definition) is 0. The van der Waals surface area contributed by atoms with E-state index in [0.717, 1.165) is 0 Å². The number of ketones is 8. The molecule has 0 saturated carbocycles. The number of carbonyl (C=O) groups excluding carboxylic acids is 8. The Morgan fingerprint density at radius 2 is 0.379 bits per heavy atom. The Morgan fingerprint density at radius 3 is 0.379 bits per heavy atom. The zero-order valence-electron chi connectivity index (χ0n) is 18.6. The Bertz CT molecular complexity index is 439. The second kappa shape index (κ2) is 24.3. The predicted molar refractivity (Wildman–Crippen MR) is 104 cm³/mol. The SMILES string of the molecule is CC(=O)CC(C)=O.CC(=O)CC(C)=O.CC(=O)CC(C)=O.CC(=O)CC(C)=O.[Hf+4]. The topological polar surface area (TPSA) is 137 Å². The Balaban J connectivity index is -0.0000000873. The number of Topliss-reactive ketones (excluding diaryl/α,β-unsaturated/α-hetero) is 8. The smallest absolute Gasteiger partial charge is 0.300 e. The molecule has 0 radical (unpaired) electrons. The number of hydrogen-bond acceptors (Lipinski definition) is 8. The second-order valence-electron chi connectivity index (χ2n) is 6.32. The molecule has 0 spiro atoms. The fourth-order valence-corrected chi connectivity index (χ4v) is 1.40. The van der Waals surface area contributed by atoms with E-state index in [9.17, 15) is 38.4 Å². The molecule has 0 aliphatic carbocycles. The van der Waals surface area contributed by atoms with Crippen LogP contribution in [-0.4, -0.2) is 46.3 Å². The zero-order chi connectivity index (χ0) is 23.4. The maximum atomic E-state index is 10.0. The van der Waals surface area contributed by atoms with Crippen LogP contribution in [-0.2, 0) is 64.2 Å². The van der Waals surface area contributed by atoms with Gasteiger partial charge in [0, 0.05) is 0 Å². The van der Waals surface area contributed by atoms with Crippen molar-refractivity contribution >= 4 is 46.3 Å². The third-order valence-corrected chi connectivity index (χ3v) is 1.99. The standard InChI is InChI=1S/4C5H8O2.Hf/c4*1-4(6)3-5(2)7;/h4*3H2,1-2H3;/q;;;;+4. The largest absolute Gasteiger partial charge is 4.00 e. The summed E-state index contributed by atoms with van der Waals surface area (Å²) < 4.78 is 0. The molecule has 0 amide bonds. The van der Waals surface area contributed by atoms with Crippen LogP contribution >= 0.6 is 0 Å². The van der Waals surface area contributed by atoms with Crippen LogP contribution in [0.25, 0.3) is 0 Å². The van der Waals surface area contributed by atoms with Crippen LogP contribution < -0.4 is 0 Å². The van der Waals surface area contributed by atoms with Gasteiger partial charge in [0.1, 0.15) is 46.3 Å². The van der Waals surface area contributed by atoms with Crippen molar-refractivity contribution in [3.05, 3.63) is 0 Å². The quantitative estimate of drug-likeness (QED) is 0.316. The molecule has 9 heteroatoms. The van der Waals surface area contributed by atoms with E-state index in [2.05, 4.69) is 0 Å². The molecule has 0 aliphatic heterocycles. The maximum Gasteiger partial charge on any atom is 4.00 e. The van der Waals surface area contributed by atoms with E-state index >= 15 is 0 Å². The summed E-state index contributed by atoms with van der Waals surface area (Å²) in [5.41, 5.74) is 0. The first kappa shape index (κ1) is 37.9. The van der Waals surface area contributed by atoms with Crippen molar-refractivity contribution < 1.29 is 64.2 Å². The molecular formula is C20H32HfO8+4. The fourth-order valence-electron chi connectivity index (χ4n) is 1.40. The van der Waals surface area contributed by atoms with Gasteiger partial charge in [0.2, 0.25) is 0 Å². The molecule has 0 aromatic carbocycles. The van der Waals surface area contributed by atoms with Crippen LogP contribution in [0.15, 0.2) is 0 Å². The van der Waals surface area contributed by atoms with Gasteiger partial charge in [-0.3, -0.25) is 38.4 Å². The maximum absolute atomic E-state index is 10.0. The van der Waals surface area contributed by atoms with Gasteiger partial charge in [-0.15, -0.1) is 0 Å². The summed E-state index contributed by atoms with van der Waals surface area (Å²) in [7, 11) is 0. The summed E-state index contributed by atoms with van der Waals surface area (Å²) in [5, 5.41) is 0. The summed E-state index contributed by atoms with van der Waals surface area (Å²) >= 11 is 0. The summed E-state index contributed by atoms with van der Waals surface area (Å²) in [5.74, 6) is -0.500. The summed E-state index contributed by atoms with van der Waals surface area (Å²) in [6, 6.07) is 0. The van der Waals surface area contributed by atoms with Crippen LogP contribution in [0.4, 0.5) is 0 Å². The summed E-state index contributed by atoms with van der Waals surface area (Å²) in [6.45, 7) is 11.2. The molecule has 0 N–H and O–H groups in total. The Hall–Kier alpha value is -1.77. The Kier molecular flexibility index (Phi) is 31.7. The van der Waals surface area contributed by atoms with Crippen LogP contribution in [0.3, 0.4) is 0 Å². The molecule has 0 heterocycles. The van der Waals surface area contributed by atoms with Gasteiger partial charge in [-0.2, -0.15) is 0 Å². The van der Waals surface area contributed by atoms with Gasteiger partial charge >= 0.3 is 25.8 Å². The minimum atomic E-state index is -0.0625. The number of carbonyl (C=O) groups is 8. The fraction of sp³-hybridized carbons (Fsp3) is 0.600. The van der Waals surface area contributed by atoms with Crippen LogP contribution in [0, 0.1) is 0 Å². The molecule has 0 aromatic heterocycles. The second-order valence-corrected chi connectivity index (χ2v) is 6.32. The van der Waals surface area contributed by atoms with Crippen molar-refractivity contribution in [1.29, 1.82) is 0 Å². The first-order valence-corrected chi connectivity index (χ1v) is 8.46. The van der Waals surface area contributed by atoms with E-state index in [1.807, 2.05) is 0 Å². The molecule has 8 nitrogen and oxygen atoms in total. The van der Waals surface area contributed by atoms with Gasteiger partial charge < -0.3 is 0 Å². The van der Waals surface area contributed by atoms with E-state index in [1.165, 1.54) is 55.4 Å². The Labute approximate surface area is 191 Å². The van der Waals surface area contributed by atoms with Crippen molar-refractivity contribution in [3.63, 3.8) is 0 Å². The van der Waals surface area contributed by atoms with Crippen molar-refractivity contribution in [2.75, 3.05) is 0 Å². The van der Waals surface area contributed by atoms with E-state index in [-0.39, 0.29) is 97.8 Å². The van der Waals surface area contributed by atoms with E-state index < -0.39 is 0 Å². The molecule has 0 atom stereocenters. The first-order chi connectivity index (χ1) is 12.5. The van der Waals surface area contributed by atoms with E-state index in [1.54, 1.807) is 0 Å². The van der Waals surface area contributed by atoms with Crippen LogP contribution in [0.2, 0.25) is 0 Å². The van der Waals surface area contributed by atoms with Crippen molar-refractivity contribution in [2.45, 2.75) is 81.1 Å². The van der Waals surface area contributed by atoms with Gasteiger partial charge in [0.25, 0.3) is 0 Å². The van der Waals surface area contributed by atoms with Gasteiger partial charge in [0.05, 0.1) is 25.7 Å². The molecular weight excluding hydrogens is 547 g/mol. The van der Waals surface area contributed by atoms with Gasteiger partial charge in [0.15, 0.2) is 0 Å². The molecule has 0 aliphatic rings. The van der Waals surface area contributed by atoms with Gasteiger partial charge in [-0.05, 0) is 55.4 Å². The molecule has 0 aromatic rings. The molecule has 160 valence electrons. The third-order valence-electron chi connectivity index (χ3n) is 1.99. The van der Waals surface area contributed by atoms with Crippen molar-refractivity contribution in [2.24, 2.45) is 0 Å². The Morgan fingerprint density at radius 1 is 0.310 bits per heavy atom. The van der Waals surface area contributed by atoms with Crippen LogP contribution in [0.5, 0.6) is 0 Å². The van der Waals surface area contributed by atoms with E-state index in [4.69, 9.17) is 0 Å². The van der Waals surface area contributed by atoms with Crippen molar-refractivity contribution in [3.8, 4) is 0 Å².